The van der Waals surface area contributed by atoms with Crippen LogP contribution in [-0.4, -0.2) is 46.8 Å². The number of carboxylic acids is 1. The molecule has 0 saturated carbocycles. The zero-order valence-corrected chi connectivity index (χ0v) is 24.0. The standard InChI is InChI=1S/C32H31N3O6S/c1-19(33-32(39)41-17-26-24-14-8-6-12-22(24)23-13-7-9-15-25(23)26)30-34-27(18-42-30)29(36)35-28(31(37)38)20(2)40-16-21-10-4-3-5-11-21/h3-15,18-20,26,28H,16-17H2,1-2H3,(H,33,39)(H,35,36)(H,37,38)/t19?,20-,28+/m0/s1. The highest BCUT2D eigenvalue weighted by Crippen LogP contribution is 2.44. The summed E-state index contributed by atoms with van der Waals surface area (Å²) in [6, 6.07) is 23.7. The van der Waals surface area contributed by atoms with E-state index < -0.39 is 36.2 Å². The molecule has 0 radical (unpaired) electrons. The van der Waals surface area contributed by atoms with Crippen LogP contribution in [0.3, 0.4) is 0 Å². The quantitative estimate of drug-likeness (QED) is 0.211. The Hall–Kier alpha value is -4.54. The van der Waals surface area contributed by atoms with E-state index in [0.717, 1.165) is 27.8 Å². The van der Waals surface area contributed by atoms with E-state index in [4.69, 9.17) is 9.47 Å². The number of carbonyl (C=O) groups excluding carboxylic acids is 2. The summed E-state index contributed by atoms with van der Waals surface area (Å²) in [5, 5.41) is 17.0. The zero-order valence-electron chi connectivity index (χ0n) is 23.2. The number of aromatic nitrogens is 1. The minimum atomic E-state index is -1.28. The van der Waals surface area contributed by atoms with Gasteiger partial charge in [-0.25, -0.2) is 14.6 Å². The van der Waals surface area contributed by atoms with Crippen molar-refractivity contribution in [2.24, 2.45) is 0 Å². The largest absolute Gasteiger partial charge is 0.480 e. The Balaban J connectivity index is 1.15. The van der Waals surface area contributed by atoms with E-state index in [1.807, 2.05) is 54.6 Å². The van der Waals surface area contributed by atoms with Gasteiger partial charge in [-0.3, -0.25) is 4.79 Å². The topological polar surface area (TPSA) is 127 Å². The van der Waals surface area contributed by atoms with Gasteiger partial charge in [0.05, 0.1) is 18.8 Å². The molecule has 1 aliphatic carbocycles. The third-order valence-corrected chi connectivity index (χ3v) is 8.21. The number of fused-ring (bicyclic) bond motifs is 3. The Bertz CT molecular complexity index is 1530. The summed E-state index contributed by atoms with van der Waals surface area (Å²) in [5.41, 5.74) is 5.47. The predicted molar refractivity (Wildman–Crippen MR) is 158 cm³/mol. The van der Waals surface area contributed by atoms with Crippen LogP contribution in [0.5, 0.6) is 0 Å². The summed E-state index contributed by atoms with van der Waals surface area (Å²) in [6.45, 7) is 3.72. The smallest absolute Gasteiger partial charge is 0.407 e. The first kappa shape index (κ1) is 29.0. The van der Waals surface area contributed by atoms with Gasteiger partial charge in [0.15, 0.2) is 6.04 Å². The van der Waals surface area contributed by atoms with Crippen molar-refractivity contribution in [1.29, 1.82) is 0 Å². The summed E-state index contributed by atoms with van der Waals surface area (Å²) < 4.78 is 11.3. The number of ether oxygens (including phenoxy) is 2. The highest BCUT2D eigenvalue weighted by atomic mass is 32.1. The molecule has 3 aromatic carbocycles. The van der Waals surface area contributed by atoms with E-state index >= 15 is 0 Å². The lowest BCUT2D eigenvalue weighted by atomic mass is 9.98. The third-order valence-electron chi connectivity index (χ3n) is 7.18. The van der Waals surface area contributed by atoms with Crippen molar-refractivity contribution in [3.05, 3.63) is 112 Å². The van der Waals surface area contributed by atoms with Crippen LogP contribution in [-0.2, 0) is 20.9 Å². The molecule has 5 rings (SSSR count). The molecule has 1 aromatic heterocycles. The number of benzene rings is 3. The maximum atomic E-state index is 12.8. The van der Waals surface area contributed by atoms with E-state index in [1.54, 1.807) is 13.8 Å². The second kappa shape index (κ2) is 13.0. The van der Waals surface area contributed by atoms with Gasteiger partial charge in [0.25, 0.3) is 5.91 Å². The third kappa shape index (κ3) is 6.50. The van der Waals surface area contributed by atoms with Crippen molar-refractivity contribution in [3.8, 4) is 11.1 Å². The van der Waals surface area contributed by atoms with E-state index in [2.05, 4.69) is 39.9 Å². The monoisotopic (exact) mass is 585 g/mol. The number of alkyl carbamates (subject to hydrolysis) is 1. The lowest BCUT2D eigenvalue weighted by Gasteiger charge is -2.21. The lowest BCUT2D eigenvalue weighted by molar-refractivity contribution is -0.143. The fourth-order valence-electron chi connectivity index (χ4n) is 4.96. The minimum Gasteiger partial charge on any atom is -0.480 e. The van der Waals surface area contributed by atoms with Gasteiger partial charge in [-0.15, -0.1) is 11.3 Å². The molecule has 1 aliphatic rings. The normalized spacial score (nSPS) is 14.2. The number of hydrogen-bond acceptors (Lipinski definition) is 7. The number of carbonyl (C=O) groups is 3. The molecule has 0 aliphatic heterocycles. The van der Waals surface area contributed by atoms with Gasteiger partial charge in [0.1, 0.15) is 17.3 Å². The molecule has 0 saturated heterocycles. The number of thiazole rings is 1. The molecular formula is C32H31N3O6S. The summed E-state index contributed by atoms with van der Waals surface area (Å²) in [5.74, 6) is -1.92. The molecule has 0 fully saturated rings. The first-order valence-electron chi connectivity index (χ1n) is 13.6. The average molecular weight is 586 g/mol. The molecule has 3 N–H and O–H groups in total. The number of nitrogens with one attached hydrogen (secondary N) is 2. The zero-order chi connectivity index (χ0) is 29.6. The molecule has 0 spiro atoms. The molecule has 1 unspecified atom stereocenters. The molecule has 3 atom stereocenters. The summed E-state index contributed by atoms with van der Waals surface area (Å²) in [4.78, 5) is 41.7. The van der Waals surface area contributed by atoms with Crippen LogP contribution in [0.1, 0.15) is 58.0 Å². The van der Waals surface area contributed by atoms with Gasteiger partial charge >= 0.3 is 12.1 Å². The first-order valence-corrected chi connectivity index (χ1v) is 14.5. The highest BCUT2D eigenvalue weighted by Gasteiger charge is 2.30. The average Bonchev–Trinajstić information content (AvgIpc) is 3.62. The van der Waals surface area contributed by atoms with Crippen LogP contribution in [0.25, 0.3) is 11.1 Å². The van der Waals surface area contributed by atoms with Crippen molar-refractivity contribution in [1.82, 2.24) is 15.6 Å². The molecule has 216 valence electrons. The Morgan fingerprint density at radius 2 is 1.52 bits per heavy atom. The molecular weight excluding hydrogens is 554 g/mol. The summed E-state index contributed by atoms with van der Waals surface area (Å²) in [6.07, 6.45) is -1.39. The van der Waals surface area contributed by atoms with Crippen LogP contribution in [0.4, 0.5) is 4.79 Å². The number of nitrogens with zero attached hydrogens (tertiary/aromatic N) is 1. The highest BCUT2D eigenvalue weighted by molar-refractivity contribution is 7.09. The fourth-order valence-corrected chi connectivity index (χ4v) is 5.77. The Labute approximate surface area is 247 Å². The molecule has 10 heteroatoms. The number of rotatable bonds is 11. The molecule has 0 bridgehead atoms. The van der Waals surface area contributed by atoms with Gasteiger partial charge in [0.2, 0.25) is 0 Å². The van der Waals surface area contributed by atoms with Crippen LogP contribution in [0.2, 0.25) is 0 Å². The van der Waals surface area contributed by atoms with Gasteiger partial charge in [-0.05, 0) is 41.7 Å². The minimum absolute atomic E-state index is 0.0534. The van der Waals surface area contributed by atoms with Crippen molar-refractivity contribution >= 4 is 29.3 Å². The second-order valence-electron chi connectivity index (χ2n) is 10.1. The molecule has 9 nitrogen and oxygen atoms in total. The Morgan fingerprint density at radius 1 is 0.905 bits per heavy atom. The fraction of sp³-hybridized carbons (Fsp3) is 0.250. The molecule has 2 amide bonds. The van der Waals surface area contributed by atoms with Crippen LogP contribution in [0, 0.1) is 0 Å². The van der Waals surface area contributed by atoms with E-state index in [-0.39, 0.29) is 24.8 Å². The number of carboxylic acid groups (broad SMARTS) is 1. The van der Waals surface area contributed by atoms with E-state index in [0.29, 0.717) is 5.01 Å². The molecule has 1 heterocycles. The van der Waals surface area contributed by atoms with E-state index in [9.17, 15) is 19.5 Å². The van der Waals surface area contributed by atoms with Crippen molar-refractivity contribution < 1.29 is 29.0 Å². The summed E-state index contributed by atoms with van der Waals surface area (Å²) >= 11 is 1.18. The summed E-state index contributed by atoms with van der Waals surface area (Å²) in [7, 11) is 0. The first-order chi connectivity index (χ1) is 20.3. The van der Waals surface area contributed by atoms with Crippen molar-refractivity contribution in [2.75, 3.05) is 6.61 Å². The molecule has 4 aromatic rings. The maximum Gasteiger partial charge on any atom is 0.407 e. The second-order valence-corrected chi connectivity index (χ2v) is 10.9. The number of amides is 2. The number of aliphatic carboxylic acids is 1. The Kier molecular flexibility index (Phi) is 8.94. The maximum absolute atomic E-state index is 12.8. The van der Waals surface area contributed by atoms with Gasteiger partial charge in [-0.1, -0.05) is 78.9 Å². The van der Waals surface area contributed by atoms with E-state index in [1.165, 1.54) is 16.7 Å². The van der Waals surface area contributed by atoms with Gasteiger partial charge < -0.3 is 25.2 Å². The van der Waals surface area contributed by atoms with Crippen LogP contribution in [0.15, 0.2) is 84.2 Å². The lowest BCUT2D eigenvalue weighted by Crippen LogP contribution is -2.48. The van der Waals surface area contributed by atoms with Crippen molar-refractivity contribution in [2.45, 2.75) is 44.6 Å². The predicted octanol–water partition coefficient (Wildman–Crippen LogP) is 5.53. The van der Waals surface area contributed by atoms with Gasteiger partial charge in [-0.2, -0.15) is 0 Å². The van der Waals surface area contributed by atoms with Gasteiger partial charge in [0, 0.05) is 11.3 Å². The van der Waals surface area contributed by atoms with Crippen molar-refractivity contribution in [3.63, 3.8) is 0 Å². The molecule has 42 heavy (non-hydrogen) atoms. The number of hydrogen-bond donors (Lipinski definition) is 3. The van der Waals surface area contributed by atoms with Crippen LogP contribution >= 0.6 is 11.3 Å². The van der Waals surface area contributed by atoms with Crippen LogP contribution < -0.4 is 10.6 Å². The Morgan fingerprint density at radius 3 is 2.17 bits per heavy atom. The SMILES string of the molecule is CC(NC(=O)OCC1c2ccccc2-c2ccccc21)c1nc(C(=O)N[C@@H](C(=O)O)[C@H](C)OCc2ccccc2)cs1.